The van der Waals surface area contributed by atoms with E-state index in [4.69, 9.17) is 9.84 Å². The Morgan fingerprint density at radius 1 is 1.33 bits per heavy atom. The van der Waals surface area contributed by atoms with E-state index in [9.17, 15) is 4.79 Å². The number of thioether (sulfide) groups is 1. The van der Waals surface area contributed by atoms with Gasteiger partial charge in [0.25, 0.3) is 0 Å². The molecule has 1 heterocycles. The molecule has 18 heavy (non-hydrogen) atoms. The number of carbonyl (C=O) groups is 1. The molecule has 0 aliphatic heterocycles. The standard InChI is InChI=1S/C13H12O3S2/c1-16-10-2-4-11(5-3-10)18-8-9-6-7-17-12(9)13(14)15/h2-7H,8H2,1H3,(H,14,15). The minimum atomic E-state index is -0.852. The van der Waals surface area contributed by atoms with Crippen molar-refractivity contribution < 1.29 is 14.6 Å². The Morgan fingerprint density at radius 3 is 2.67 bits per heavy atom. The van der Waals surface area contributed by atoms with Crippen LogP contribution in [-0.4, -0.2) is 18.2 Å². The summed E-state index contributed by atoms with van der Waals surface area (Å²) in [6, 6.07) is 9.60. The summed E-state index contributed by atoms with van der Waals surface area (Å²) in [5, 5.41) is 10.8. The van der Waals surface area contributed by atoms with Crippen LogP contribution >= 0.6 is 23.1 Å². The van der Waals surface area contributed by atoms with Gasteiger partial charge in [0.05, 0.1) is 7.11 Å². The molecule has 94 valence electrons. The van der Waals surface area contributed by atoms with E-state index < -0.39 is 5.97 Å². The van der Waals surface area contributed by atoms with Crippen molar-refractivity contribution in [2.45, 2.75) is 10.6 Å². The van der Waals surface area contributed by atoms with Crippen molar-refractivity contribution in [1.29, 1.82) is 0 Å². The van der Waals surface area contributed by atoms with Gasteiger partial charge in [-0.2, -0.15) is 0 Å². The molecule has 0 bridgehead atoms. The highest BCUT2D eigenvalue weighted by molar-refractivity contribution is 7.98. The van der Waals surface area contributed by atoms with Crippen molar-refractivity contribution in [3.05, 3.63) is 46.2 Å². The molecule has 0 fully saturated rings. The zero-order valence-corrected chi connectivity index (χ0v) is 11.4. The minimum Gasteiger partial charge on any atom is -0.497 e. The Balaban J connectivity index is 2.02. The predicted octanol–water partition coefficient (Wildman–Crippen LogP) is 3.75. The third kappa shape index (κ3) is 3.05. The van der Waals surface area contributed by atoms with Crippen molar-refractivity contribution >= 4 is 29.1 Å². The maximum atomic E-state index is 11.0. The first-order valence-electron chi connectivity index (χ1n) is 5.27. The number of aromatic carboxylic acids is 1. The monoisotopic (exact) mass is 280 g/mol. The van der Waals surface area contributed by atoms with Gasteiger partial charge in [-0.15, -0.1) is 23.1 Å². The zero-order valence-electron chi connectivity index (χ0n) is 9.75. The maximum absolute atomic E-state index is 11.0. The van der Waals surface area contributed by atoms with Gasteiger partial charge in [-0.3, -0.25) is 0 Å². The summed E-state index contributed by atoms with van der Waals surface area (Å²) in [6.07, 6.45) is 0. The fourth-order valence-corrected chi connectivity index (χ4v) is 3.21. The molecule has 0 radical (unpaired) electrons. The van der Waals surface area contributed by atoms with Crippen molar-refractivity contribution in [2.75, 3.05) is 7.11 Å². The molecule has 0 aliphatic carbocycles. The zero-order chi connectivity index (χ0) is 13.0. The molecule has 2 aromatic rings. The van der Waals surface area contributed by atoms with Crippen LogP contribution in [0.2, 0.25) is 0 Å². The predicted molar refractivity (Wildman–Crippen MR) is 73.8 cm³/mol. The summed E-state index contributed by atoms with van der Waals surface area (Å²) < 4.78 is 5.08. The van der Waals surface area contributed by atoms with Crippen LogP contribution in [0.3, 0.4) is 0 Å². The van der Waals surface area contributed by atoms with Crippen LogP contribution in [0.25, 0.3) is 0 Å². The molecule has 2 rings (SSSR count). The molecule has 0 unspecified atom stereocenters. The number of hydrogen-bond acceptors (Lipinski definition) is 4. The van der Waals surface area contributed by atoms with Crippen molar-refractivity contribution in [1.82, 2.24) is 0 Å². The van der Waals surface area contributed by atoms with Crippen LogP contribution in [0.15, 0.2) is 40.6 Å². The summed E-state index contributed by atoms with van der Waals surface area (Å²) in [4.78, 5) is 12.5. The summed E-state index contributed by atoms with van der Waals surface area (Å²) in [5.41, 5.74) is 0.869. The van der Waals surface area contributed by atoms with E-state index >= 15 is 0 Å². The molecule has 0 atom stereocenters. The number of thiophene rings is 1. The molecule has 0 amide bonds. The van der Waals surface area contributed by atoms with Gasteiger partial charge in [-0.05, 0) is 41.3 Å². The SMILES string of the molecule is COc1ccc(SCc2ccsc2C(=O)O)cc1. The molecular weight excluding hydrogens is 268 g/mol. The summed E-state index contributed by atoms with van der Waals surface area (Å²) in [5.74, 6) is 0.633. The van der Waals surface area contributed by atoms with Gasteiger partial charge in [-0.1, -0.05) is 0 Å². The second-order valence-electron chi connectivity index (χ2n) is 3.54. The number of benzene rings is 1. The first kappa shape index (κ1) is 13.0. The molecule has 1 N–H and O–H groups in total. The lowest BCUT2D eigenvalue weighted by Crippen LogP contribution is -1.96. The number of methoxy groups -OCH3 is 1. The summed E-state index contributed by atoms with van der Waals surface area (Å²) >= 11 is 2.88. The minimum absolute atomic E-state index is 0.427. The van der Waals surface area contributed by atoms with Gasteiger partial charge in [0.15, 0.2) is 0 Å². The number of carboxylic acid groups (broad SMARTS) is 1. The summed E-state index contributed by atoms with van der Waals surface area (Å²) in [7, 11) is 1.63. The van der Waals surface area contributed by atoms with Crippen LogP contribution in [0, 0.1) is 0 Å². The highest BCUT2D eigenvalue weighted by Crippen LogP contribution is 2.28. The second-order valence-corrected chi connectivity index (χ2v) is 5.51. The van der Waals surface area contributed by atoms with Gasteiger partial charge in [0, 0.05) is 10.6 Å². The number of rotatable bonds is 5. The van der Waals surface area contributed by atoms with Gasteiger partial charge < -0.3 is 9.84 Å². The molecule has 1 aromatic carbocycles. The Morgan fingerprint density at radius 2 is 2.06 bits per heavy atom. The first-order valence-corrected chi connectivity index (χ1v) is 7.13. The molecule has 3 nitrogen and oxygen atoms in total. The molecule has 0 spiro atoms. The van der Waals surface area contributed by atoms with Gasteiger partial charge in [0.1, 0.15) is 10.6 Å². The quantitative estimate of drug-likeness (QED) is 0.847. The number of carboxylic acids is 1. The largest absolute Gasteiger partial charge is 0.497 e. The van der Waals surface area contributed by atoms with Crippen LogP contribution in [0.5, 0.6) is 5.75 Å². The lowest BCUT2D eigenvalue weighted by atomic mass is 10.3. The number of hydrogen-bond donors (Lipinski definition) is 1. The molecule has 0 saturated heterocycles. The lowest BCUT2D eigenvalue weighted by Gasteiger charge is -2.03. The normalized spacial score (nSPS) is 10.3. The smallest absolute Gasteiger partial charge is 0.346 e. The Labute approximate surface area is 113 Å². The van der Waals surface area contributed by atoms with Crippen LogP contribution < -0.4 is 4.74 Å². The fourth-order valence-electron chi connectivity index (χ4n) is 1.47. The summed E-state index contributed by atoms with van der Waals surface area (Å²) in [6.45, 7) is 0. The fraction of sp³-hybridized carbons (Fsp3) is 0.154. The van der Waals surface area contributed by atoms with E-state index in [2.05, 4.69) is 0 Å². The van der Waals surface area contributed by atoms with Crippen molar-refractivity contribution in [3.8, 4) is 5.75 Å². The highest BCUT2D eigenvalue weighted by Gasteiger charge is 2.11. The Hall–Kier alpha value is -1.46. The van der Waals surface area contributed by atoms with Gasteiger partial charge in [-0.25, -0.2) is 4.79 Å². The van der Waals surface area contributed by atoms with Crippen LogP contribution in [0.4, 0.5) is 0 Å². The number of ether oxygens (including phenoxy) is 1. The third-order valence-electron chi connectivity index (χ3n) is 2.39. The van der Waals surface area contributed by atoms with E-state index in [-0.39, 0.29) is 0 Å². The highest BCUT2D eigenvalue weighted by atomic mass is 32.2. The molecule has 0 aliphatic rings. The van der Waals surface area contributed by atoms with E-state index in [1.807, 2.05) is 35.7 Å². The topological polar surface area (TPSA) is 46.5 Å². The average Bonchev–Trinajstić information content (AvgIpc) is 2.85. The van der Waals surface area contributed by atoms with Crippen LogP contribution in [-0.2, 0) is 5.75 Å². The molecule has 0 saturated carbocycles. The Bertz CT molecular complexity index is 531. The lowest BCUT2D eigenvalue weighted by molar-refractivity contribution is 0.0701. The van der Waals surface area contributed by atoms with Gasteiger partial charge in [0.2, 0.25) is 0 Å². The Kier molecular flexibility index (Phi) is 4.28. The van der Waals surface area contributed by atoms with Crippen molar-refractivity contribution in [2.24, 2.45) is 0 Å². The molecular formula is C13H12O3S2. The van der Waals surface area contributed by atoms with E-state index in [1.165, 1.54) is 11.3 Å². The van der Waals surface area contributed by atoms with E-state index in [0.717, 1.165) is 16.2 Å². The van der Waals surface area contributed by atoms with E-state index in [1.54, 1.807) is 18.9 Å². The van der Waals surface area contributed by atoms with Crippen LogP contribution in [0.1, 0.15) is 15.2 Å². The molecule has 1 aromatic heterocycles. The first-order chi connectivity index (χ1) is 8.70. The average molecular weight is 280 g/mol. The third-order valence-corrected chi connectivity index (χ3v) is 4.40. The van der Waals surface area contributed by atoms with Gasteiger partial charge >= 0.3 is 5.97 Å². The maximum Gasteiger partial charge on any atom is 0.346 e. The van der Waals surface area contributed by atoms with Crippen molar-refractivity contribution in [3.63, 3.8) is 0 Å². The van der Waals surface area contributed by atoms with E-state index in [0.29, 0.717) is 10.6 Å². The molecule has 5 heteroatoms. The second kappa shape index (κ2) is 5.93.